The number of nitrogens with one attached hydrogen (secondary N) is 1. The van der Waals surface area contributed by atoms with Crippen molar-refractivity contribution in [1.29, 1.82) is 0 Å². The van der Waals surface area contributed by atoms with Crippen LogP contribution >= 0.6 is 0 Å². The molecule has 0 unspecified atom stereocenters. The number of hydrogen-bond donors (Lipinski definition) is 1. The lowest BCUT2D eigenvalue weighted by atomic mass is 9.95. The second kappa shape index (κ2) is 10.3. The van der Waals surface area contributed by atoms with Gasteiger partial charge in [-0.05, 0) is 78.4 Å². The molecule has 4 rings (SSSR count). The fourth-order valence-corrected chi connectivity index (χ4v) is 4.33. The standard InChI is InChI=1S/C30H29N3O2/c1-5-21(3)29(25-17-20(2)18-26(19-25)33(34)35)32-30(24-13-15-31-16-14-24)22(4)27-12-8-10-23-9-6-7-11-28(23)27/h6-19,32H,5H2,1-4H3/b29-21?,30-22+. The topological polar surface area (TPSA) is 68.1 Å². The predicted molar refractivity (Wildman–Crippen MR) is 145 cm³/mol. The number of allylic oxidation sites excluding steroid dienone is 2. The van der Waals surface area contributed by atoms with E-state index >= 15 is 0 Å². The molecular formula is C30H29N3O2. The number of nitrogens with zero attached hydrogens (tertiary/aromatic N) is 2. The third-order valence-corrected chi connectivity index (χ3v) is 6.31. The summed E-state index contributed by atoms with van der Waals surface area (Å²) < 4.78 is 0. The molecule has 5 heteroatoms. The second-order valence-corrected chi connectivity index (χ2v) is 8.71. The normalized spacial score (nSPS) is 12.7. The summed E-state index contributed by atoms with van der Waals surface area (Å²) in [5, 5.41) is 17.6. The molecule has 5 nitrogen and oxygen atoms in total. The third kappa shape index (κ3) is 5.14. The van der Waals surface area contributed by atoms with Gasteiger partial charge < -0.3 is 5.32 Å². The van der Waals surface area contributed by atoms with Crippen LogP contribution in [0.2, 0.25) is 0 Å². The number of fused-ring (bicyclic) bond motifs is 1. The molecule has 1 aromatic heterocycles. The van der Waals surface area contributed by atoms with Crippen molar-refractivity contribution in [3.63, 3.8) is 0 Å². The van der Waals surface area contributed by atoms with E-state index in [9.17, 15) is 10.1 Å². The Bertz CT molecular complexity index is 1450. The van der Waals surface area contributed by atoms with E-state index in [2.05, 4.69) is 67.5 Å². The molecule has 0 aliphatic rings. The van der Waals surface area contributed by atoms with Crippen molar-refractivity contribution in [2.24, 2.45) is 0 Å². The van der Waals surface area contributed by atoms with E-state index in [0.29, 0.717) is 0 Å². The fourth-order valence-electron chi connectivity index (χ4n) is 4.33. The quantitative estimate of drug-likeness (QED) is 0.224. The summed E-state index contributed by atoms with van der Waals surface area (Å²) in [6.45, 7) is 8.15. The molecule has 0 aliphatic carbocycles. The molecule has 0 spiro atoms. The number of nitro groups is 1. The molecule has 0 atom stereocenters. The van der Waals surface area contributed by atoms with Crippen molar-refractivity contribution in [1.82, 2.24) is 10.3 Å². The summed E-state index contributed by atoms with van der Waals surface area (Å²) in [4.78, 5) is 15.4. The summed E-state index contributed by atoms with van der Waals surface area (Å²) in [6, 6.07) is 23.9. The van der Waals surface area contributed by atoms with Crippen LogP contribution < -0.4 is 5.32 Å². The average Bonchev–Trinajstić information content (AvgIpc) is 2.88. The maximum absolute atomic E-state index is 11.6. The Balaban J connectivity index is 1.95. The summed E-state index contributed by atoms with van der Waals surface area (Å²) >= 11 is 0. The number of non-ortho nitro benzene ring substituents is 1. The number of pyridine rings is 1. The van der Waals surface area contributed by atoms with E-state index in [0.717, 1.165) is 51.2 Å². The number of rotatable bonds is 7. The molecule has 1 N–H and O–H groups in total. The highest BCUT2D eigenvalue weighted by molar-refractivity contribution is 6.01. The zero-order valence-electron chi connectivity index (χ0n) is 20.5. The van der Waals surface area contributed by atoms with Crippen LogP contribution in [-0.4, -0.2) is 9.91 Å². The Morgan fingerprint density at radius 2 is 1.63 bits per heavy atom. The van der Waals surface area contributed by atoms with E-state index in [-0.39, 0.29) is 10.6 Å². The third-order valence-electron chi connectivity index (χ3n) is 6.31. The minimum absolute atomic E-state index is 0.0865. The van der Waals surface area contributed by atoms with Gasteiger partial charge in [-0.15, -0.1) is 0 Å². The molecule has 0 fully saturated rings. The summed E-state index contributed by atoms with van der Waals surface area (Å²) in [6.07, 6.45) is 4.36. The number of aromatic nitrogens is 1. The van der Waals surface area contributed by atoms with E-state index < -0.39 is 0 Å². The van der Waals surface area contributed by atoms with Crippen molar-refractivity contribution in [3.8, 4) is 0 Å². The Hall–Kier alpha value is -4.25. The van der Waals surface area contributed by atoms with E-state index in [4.69, 9.17) is 0 Å². The maximum Gasteiger partial charge on any atom is 0.270 e. The van der Waals surface area contributed by atoms with Crippen molar-refractivity contribution in [2.45, 2.75) is 34.1 Å². The van der Waals surface area contributed by atoms with Gasteiger partial charge in [0.2, 0.25) is 0 Å². The molecule has 0 bridgehead atoms. The number of aryl methyl sites for hydroxylation is 1. The lowest BCUT2D eigenvalue weighted by Crippen LogP contribution is -2.15. The van der Waals surface area contributed by atoms with Crippen LogP contribution in [0.15, 0.2) is 90.8 Å². The van der Waals surface area contributed by atoms with Gasteiger partial charge >= 0.3 is 0 Å². The number of hydrogen-bond acceptors (Lipinski definition) is 4. The minimum Gasteiger partial charge on any atom is -0.354 e. The minimum atomic E-state index is -0.337. The number of benzene rings is 3. The van der Waals surface area contributed by atoms with Gasteiger partial charge in [-0.1, -0.05) is 49.4 Å². The van der Waals surface area contributed by atoms with Crippen LogP contribution in [0, 0.1) is 17.0 Å². The lowest BCUT2D eigenvalue weighted by molar-refractivity contribution is -0.384. The molecule has 4 aromatic rings. The van der Waals surface area contributed by atoms with Gasteiger partial charge in [0.05, 0.1) is 4.92 Å². The molecule has 3 aromatic carbocycles. The molecule has 0 radical (unpaired) electrons. The predicted octanol–water partition coefficient (Wildman–Crippen LogP) is 7.77. The monoisotopic (exact) mass is 463 g/mol. The van der Waals surface area contributed by atoms with Gasteiger partial charge in [-0.25, -0.2) is 0 Å². The second-order valence-electron chi connectivity index (χ2n) is 8.71. The van der Waals surface area contributed by atoms with E-state index in [1.54, 1.807) is 24.5 Å². The molecule has 1 heterocycles. The average molecular weight is 464 g/mol. The first-order chi connectivity index (χ1) is 16.9. The summed E-state index contributed by atoms with van der Waals surface area (Å²) in [7, 11) is 0. The van der Waals surface area contributed by atoms with Crippen molar-refractivity contribution >= 4 is 33.4 Å². The van der Waals surface area contributed by atoms with E-state index in [1.807, 2.05) is 31.2 Å². The molecule has 0 saturated heterocycles. The number of nitro benzene ring substituents is 1. The Morgan fingerprint density at radius 1 is 0.914 bits per heavy atom. The van der Waals surface area contributed by atoms with Crippen LogP contribution in [0.1, 0.15) is 49.4 Å². The van der Waals surface area contributed by atoms with Crippen molar-refractivity contribution in [2.75, 3.05) is 0 Å². The highest BCUT2D eigenvalue weighted by Gasteiger charge is 2.17. The zero-order chi connectivity index (χ0) is 24.9. The smallest absolute Gasteiger partial charge is 0.270 e. The molecule has 35 heavy (non-hydrogen) atoms. The Morgan fingerprint density at radius 3 is 2.34 bits per heavy atom. The van der Waals surface area contributed by atoms with Crippen LogP contribution in [0.5, 0.6) is 0 Å². The van der Waals surface area contributed by atoms with Gasteiger partial charge in [0, 0.05) is 47.0 Å². The van der Waals surface area contributed by atoms with Gasteiger partial charge in [0.15, 0.2) is 0 Å². The van der Waals surface area contributed by atoms with E-state index in [1.165, 1.54) is 10.8 Å². The highest BCUT2D eigenvalue weighted by Crippen LogP contribution is 2.33. The first-order valence-electron chi connectivity index (χ1n) is 11.7. The highest BCUT2D eigenvalue weighted by atomic mass is 16.6. The van der Waals surface area contributed by atoms with Gasteiger partial charge in [0.25, 0.3) is 5.69 Å². The first kappa shape index (κ1) is 23.9. The Labute approximate surface area is 206 Å². The maximum atomic E-state index is 11.6. The summed E-state index contributed by atoms with van der Waals surface area (Å²) in [5.41, 5.74) is 7.87. The van der Waals surface area contributed by atoms with Gasteiger partial charge in [-0.2, -0.15) is 0 Å². The van der Waals surface area contributed by atoms with Gasteiger partial charge in [-0.3, -0.25) is 15.1 Å². The molecule has 0 amide bonds. The Kier molecular flexibility index (Phi) is 7.06. The lowest BCUT2D eigenvalue weighted by Gasteiger charge is -2.21. The van der Waals surface area contributed by atoms with Crippen molar-refractivity contribution < 1.29 is 4.92 Å². The fraction of sp³-hybridized carbons (Fsp3) is 0.167. The van der Waals surface area contributed by atoms with Crippen LogP contribution in [0.4, 0.5) is 5.69 Å². The molecular weight excluding hydrogens is 434 g/mol. The molecule has 176 valence electrons. The zero-order valence-corrected chi connectivity index (χ0v) is 20.5. The van der Waals surface area contributed by atoms with Crippen LogP contribution in [0.25, 0.3) is 27.7 Å². The largest absolute Gasteiger partial charge is 0.354 e. The van der Waals surface area contributed by atoms with Crippen LogP contribution in [-0.2, 0) is 0 Å². The van der Waals surface area contributed by atoms with Gasteiger partial charge in [0.1, 0.15) is 0 Å². The van der Waals surface area contributed by atoms with Crippen molar-refractivity contribution in [3.05, 3.63) is 123 Å². The SMILES string of the molecule is CCC(C)=C(N/C(=C(\C)c1cccc2ccccc12)c1ccncc1)c1cc(C)cc([N+](=O)[O-])c1. The molecule has 0 saturated carbocycles. The van der Waals surface area contributed by atoms with Crippen LogP contribution in [0.3, 0.4) is 0 Å². The first-order valence-corrected chi connectivity index (χ1v) is 11.7. The summed E-state index contributed by atoms with van der Waals surface area (Å²) in [5.74, 6) is 0. The molecule has 0 aliphatic heterocycles.